The summed E-state index contributed by atoms with van der Waals surface area (Å²) in [6.07, 6.45) is 0. The SMILES string of the molecule is c1ccc(-c2ccc(N(c3ccc(-c4ccc5oc6c(-c7ccccc7)cccc6c5c4)cc3)c3ccc4c(c3)C3(c5ccccc5Oc5ccccc53)c3ccccc3-4)cc2)cc1.c1ccc(-c2ccc(N(c3ccc(-c4ccc5oc6ccccc6c5c4)cc3)c3ccc4c(c3)C3(c5ccccc5Oc5ccccc53)c3ccccc3-4)cc2)cc1. The van der Waals surface area contributed by atoms with Crippen LogP contribution in [0.25, 0.3) is 122 Å². The van der Waals surface area contributed by atoms with Gasteiger partial charge in [-0.3, -0.25) is 0 Å². The second-order valence-corrected chi connectivity index (χ2v) is 32.0. The number of rotatable bonds is 11. The lowest BCUT2D eigenvalue weighted by atomic mass is 9.66. The molecule has 2 spiro atoms. The molecule has 0 fully saturated rings. The average Bonchev–Trinajstić information content (AvgIpc) is 1.52. The standard InChI is InChI=1S/C61H39NO2.C55H35NO2/c1-3-14-40(15-4-1)41-26-31-45(32-27-41)62(46-33-28-42(29-34-46)44-30-37-57-52(38-44)51-20-13-19-48(60(51)64-57)43-16-5-2-6-17-43)47-35-36-50-49-18-7-8-21-53(49)61(56(50)39-47)54-22-9-11-24-58(54)63-59-25-12-10-23-55(59)61;1-2-12-36(13-3-1)37-22-27-40(28-23-37)56(41-29-24-38(25-30-41)39-26-33-52-46(34-39)45-15-5-9-19-51(45)57-52)42-31-32-44-43-14-4-6-16-47(43)55(50(44)35-42)48-17-7-10-20-53(48)58-54-21-11-8-18-49(54)55/h1-39H;1-35H. The van der Waals surface area contributed by atoms with E-state index in [0.717, 1.165) is 157 Å². The van der Waals surface area contributed by atoms with Gasteiger partial charge in [0.25, 0.3) is 0 Å². The van der Waals surface area contributed by atoms with Crippen LogP contribution in [-0.2, 0) is 10.8 Å². The predicted octanol–water partition coefficient (Wildman–Crippen LogP) is 31.4. The normalized spacial score (nSPS) is 13.0. The minimum absolute atomic E-state index is 0.560. The van der Waals surface area contributed by atoms with Gasteiger partial charge in [-0.1, -0.05) is 322 Å². The van der Waals surface area contributed by atoms with E-state index >= 15 is 0 Å². The molecule has 0 saturated heterocycles. The number of para-hydroxylation sites is 6. The van der Waals surface area contributed by atoms with Gasteiger partial charge in [-0.2, -0.15) is 0 Å². The Kier molecular flexibility index (Phi) is 16.3. The monoisotopic (exact) mass is 1560 g/mol. The summed E-state index contributed by atoms with van der Waals surface area (Å²) in [6, 6.07) is 161. The zero-order valence-electron chi connectivity index (χ0n) is 66.3. The van der Waals surface area contributed by atoms with Crippen LogP contribution in [0.5, 0.6) is 23.0 Å². The molecule has 0 amide bonds. The van der Waals surface area contributed by atoms with E-state index in [9.17, 15) is 0 Å². The van der Waals surface area contributed by atoms with Crippen molar-refractivity contribution in [2.75, 3.05) is 9.80 Å². The molecule has 0 unspecified atom stereocenters. The van der Waals surface area contributed by atoms with Gasteiger partial charge in [-0.05, 0) is 222 Å². The number of hydrogen-bond donors (Lipinski definition) is 0. The van der Waals surface area contributed by atoms with Crippen molar-refractivity contribution in [2.45, 2.75) is 10.8 Å². The molecule has 0 atom stereocenters. The van der Waals surface area contributed by atoms with Crippen molar-refractivity contribution < 1.29 is 18.3 Å². The molecule has 122 heavy (non-hydrogen) atoms. The van der Waals surface area contributed by atoms with Crippen LogP contribution < -0.4 is 19.3 Å². The average molecular weight is 1560 g/mol. The lowest BCUT2D eigenvalue weighted by Gasteiger charge is -2.39. The number of hydrogen-bond acceptors (Lipinski definition) is 6. The van der Waals surface area contributed by atoms with Crippen LogP contribution in [-0.4, -0.2) is 0 Å². The highest BCUT2D eigenvalue weighted by Crippen LogP contribution is 2.65. The fourth-order valence-electron chi connectivity index (χ4n) is 20.1. The summed E-state index contributed by atoms with van der Waals surface area (Å²) in [5.41, 5.74) is 35.1. The van der Waals surface area contributed by atoms with Crippen LogP contribution in [0.15, 0.2) is 458 Å². The van der Waals surface area contributed by atoms with E-state index in [4.69, 9.17) is 18.3 Å². The van der Waals surface area contributed by atoms with Gasteiger partial charge >= 0.3 is 0 Å². The lowest BCUT2D eigenvalue weighted by molar-refractivity contribution is 0.436. The number of fused-ring (bicyclic) bond motifs is 24. The Labute approximate surface area is 706 Å². The molecule has 2 aliphatic heterocycles. The maximum Gasteiger partial charge on any atom is 0.143 e. The number of nitrogens with zero attached hydrogens (tertiary/aromatic N) is 2. The summed E-state index contributed by atoms with van der Waals surface area (Å²) < 4.78 is 26.0. The van der Waals surface area contributed by atoms with Crippen molar-refractivity contribution in [2.24, 2.45) is 0 Å². The molecule has 21 aromatic rings. The molecule has 572 valence electrons. The second kappa shape index (κ2) is 28.4. The predicted molar refractivity (Wildman–Crippen MR) is 499 cm³/mol. The van der Waals surface area contributed by atoms with E-state index in [1.807, 2.05) is 18.2 Å². The molecular weight excluding hydrogens is 1490 g/mol. The van der Waals surface area contributed by atoms with Crippen LogP contribution in [0, 0.1) is 0 Å². The maximum atomic E-state index is 6.65. The second-order valence-electron chi connectivity index (χ2n) is 32.0. The first kappa shape index (κ1) is 70.2. The van der Waals surface area contributed by atoms with Gasteiger partial charge in [0, 0.05) is 83.5 Å². The molecular formula is C116H74N2O4. The first-order valence-corrected chi connectivity index (χ1v) is 41.7. The van der Waals surface area contributed by atoms with Gasteiger partial charge in [0.2, 0.25) is 0 Å². The highest BCUT2D eigenvalue weighted by molar-refractivity contribution is 6.11. The Balaban J connectivity index is 0.000000139. The molecule has 25 rings (SSSR count). The van der Waals surface area contributed by atoms with Crippen molar-refractivity contribution in [3.8, 4) is 101 Å². The zero-order chi connectivity index (χ0) is 80.4. The van der Waals surface area contributed by atoms with Crippen molar-refractivity contribution in [3.05, 3.63) is 493 Å². The Hall–Kier alpha value is -16.0. The third kappa shape index (κ3) is 11.1. The van der Waals surface area contributed by atoms with E-state index in [1.165, 1.54) is 66.8 Å². The Bertz CT molecular complexity index is 7590. The number of anilines is 6. The van der Waals surface area contributed by atoms with Crippen molar-refractivity contribution in [3.63, 3.8) is 0 Å². The van der Waals surface area contributed by atoms with E-state index in [0.29, 0.717) is 0 Å². The summed E-state index contributed by atoms with van der Waals surface area (Å²) in [5, 5.41) is 4.49. The van der Waals surface area contributed by atoms with Gasteiger partial charge < -0.3 is 28.1 Å². The topological polar surface area (TPSA) is 51.2 Å². The van der Waals surface area contributed by atoms with E-state index in [2.05, 4.69) is 441 Å². The van der Waals surface area contributed by atoms with Gasteiger partial charge in [0.05, 0.1) is 10.8 Å². The van der Waals surface area contributed by atoms with Gasteiger partial charge in [-0.25, -0.2) is 0 Å². The van der Waals surface area contributed by atoms with Crippen LogP contribution in [0.1, 0.15) is 44.5 Å². The Morgan fingerprint density at radius 3 is 0.893 bits per heavy atom. The molecule has 0 saturated carbocycles. The summed E-state index contributed by atoms with van der Waals surface area (Å²) in [5.74, 6) is 3.55. The Morgan fingerprint density at radius 1 is 0.164 bits per heavy atom. The van der Waals surface area contributed by atoms with Gasteiger partial charge in [0.1, 0.15) is 45.3 Å². The van der Waals surface area contributed by atoms with Crippen molar-refractivity contribution in [1.82, 2.24) is 0 Å². The maximum absolute atomic E-state index is 6.65. The van der Waals surface area contributed by atoms with Crippen LogP contribution in [0.4, 0.5) is 34.1 Å². The fourth-order valence-corrected chi connectivity index (χ4v) is 20.1. The molecule has 19 aromatic carbocycles. The van der Waals surface area contributed by atoms with E-state index in [-0.39, 0.29) is 0 Å². The third-order valence-corrected chi connectivity index (χ3v) is 25.5. The lowest BCUT2D eigenvalue weighted by Crippen LogP contribution is -2.32. The smallest absolute Gasteiger partial charge is 0.143 e. The zero-order valence-corrected chi connectivity index (χ0v) is 66.3. The van der Waals surface area contributed by atoms with Gasteiger partial charge in [0.15, 0.2) is 0 Å². The molecule has 2 aliphatic carbocycles. The molecule has 4 heterocycles. The first-order chi connectivity index (χ1) is 60.5. The number of ether oxygens (including phenoxy) is 2. The van der Waals surface area contributed by atoms with Crippen LogP contribution in [0.3, 0.4) is 0 Å². The molecule has 4 aliphatic rings. The highest BCUT2D eigenvalue weighted by atomic mass is 16.5. The summed E-state index contributed by atoms with van der Waals surface area (Å²) >= 11 is 0. The quantitative estimate of drug-likeness (QED) is 0.129. The van der Waals surface area contributed by atoms with Gasteiger partial charge in [-0.15, -0.1) is 0 Å². The summed E-state index contributed by atoms with van der Waals surface area (Å²) in [4.78, 5) is 4.78. The van der Waals surface area contributed by atoms with E-state index < -0.39 is 10.8 Å². The highest BCUT2D eigenvalue weighted by Gasteiger charge is 2.53. The Morgan fingerprint density at radius 2 is 0.459 bits per heavy atom. The first-order valence-electron chi connectivity index (χ1n) is 41.7. The van der Waals surface area contributed by atoms with Crippen molar-refractivity contribution in [1.29, 1.82) is 0 Å². The molecule has 2 aromatic heterocycles. The molecule has 0 bridgehead atoms. The minimum Gasteiger partial charge on any atom is -0.457 e. The molecule has 6 nitrogen and oxygen atoms in total. The molecule has 6 heteroatoms. The van der Waals surface area contributed by atoms with Crippen molar-refractivity contribution >= 4 is 78.0 Å². The van der Waals surface area contributed by atoms with Crippen LogP contribution in [0.2, 0.25) is 0 Å². The minimum atomic E-state index is -0.572. The third-order valence-electron chi connectivity index (χ3n) is 25.5. The largest absolute Gasteiger partial charge is 0.457 e. The molecule has 0 radical (unpaired) electrons. The summed E-state index contributed by atoms with van der Waals surface area (Å²) in [6.45, 7) is 0. The fraction of sp³-hybridized carbons (Fsp3) is 0.0172. The molecule has 0 N–H and O–H groups in total. The summed E-state index contributed by atoms with van der Waals surface area (Å²) in [7, 11) is 0. The number of benzene rings is 19. The van der Waals surface area contributed by atoms with Crippen LogP contribution >= 0.6 is 0 Å². The number of furan rings is 2. The van der Waals surface area contributed by atoms with E-state index in [1.54, 1.807) is 0 Å².